The number of phosphoric acid groups is 1. The van der Waals surface area contributed by atoms with E-state index in [-0.39, 0.29) is 23.3 Å². The van der Waals surface area contributed by atoms with Crippen LogP contribution in [0.2, 0.25) is 0 Å². The van der Waals surface area contributed by atoms with Gasteiger partial charge in [-0.15, -0.1) is 0 Å². The summed E-state index contributed by atoms with van der Waals surface area (Å²) in [4.78, 5) is 65.2. The summed E-state index contributed by atoms with van der Waals surface area (Å²) < 4.78 is 108. The standard InChI is InChI=1S/C44H52F2N6O14P2S.H3N/c1-3-4-5-6-7-8-9-10-21-59-30-17-13-29(14-18-30)43(54)62-31-15-11-28(12-16-31)24-69-68(58)61-23-33-38(35(45)41(63-33)51-20-19-34(53)50-44(51)55)65-67(56,57)60-22-32-39(66-68)36(46)42(64-32)52-26-49-37-27(2)47-25-48-40(37)52;/h11-20,25-26,32-33,35-36,38-39,41-42H,3-10,21-24H2,1-2H3,(H,56,57)(H,50,53,55);1H3/t32-,33-,35-,36-,38-,39-,41-,42-,68?;/m1./s1. The Balaban J connectivity index is 0.00000722. The predicted octanol–water partition coefficient (Wildman–Crippen LogP) is 7.60. The molecule has 3 saturated heterocycles. The molecule has 70 heavy (non-hydrogen) atoms. The number of aryl methyl sites for hydroxylation is 1. The smallest absolute Gasteiger partial charge is 0.389 e. The number of imidazole rings is 1. The molecular formula is C44H55F2N7O14P2S. The SMILES string of the molecule is CCCCCCCCCCOc1ccc(C(=O)Oc2ccc(CSP3(=O)OC[C@H]4O[C@@H](n5ccc(=O)[nH]c5=O)[C@H](F)[C@@H]4OP(=O)([O-])OC[C@H]4O[C@@H](n5cnc6c(C)ncnc65)[C@H](F)[C@@H]4O3)cc2)cc1.[NH4+]. The molecule has 3 aliphatic heterocycles. The molecule has 0 amide bonds. The van der Waals surface area contributed by atoms with Gasteiger partial charge in [-0.05, 0) is 66.7 Å². The minimum Gasteiger partial charge on any atom is -0.756 e. The Morgan fingerprint density at radius 3 is 2.14 bits per heavy atom. The highest BCUT2D eigenvalue weighted by atomic mass is 32.7. The second-order valence-corrected chi connectivity index (χ2v) is 22.0. The number of benzene rings is 2. The lowest BCUT2D eigenvalue weighted by Crippen LogP contribution is -2.39. The number of halogens is 2. The number of phosphoric ester groups is 1. The first-order valence-corrected chi connectivity index (χ1v) is 27.1. The van der Waals surface area contributed by atoms with Gasteiger partial charge in [-0.25, -0.2) is 37.9 Å². The van der Waals surface area contributed by atoms with Crippen LogP contribution < -0.4 is 31.8 Å². The van der Waals surface area contributed by atoms with E-state index in [0.29, 0.717) is 50.6 Å². The van der Waals surface area contributed by atoms with Gasteiger partial charge >= 0.3 is 18.5 Å². The molecule has 0 bridgehead atoms. The largest absolute Gasteiger partial charge is 0.756 e. The van der Waals surface area contributed by atoms with Crippen molar-refractivity contribution in [3.63, 3.8) is 0 Å². The highest BCUT2D eigenvalue weighted by molar-refractivity contribution is 8.54. The van der Waals surface area contributed by atoms with Crippen LogP contribution in [0.15, 0.2) is 83.0 Å². The number of aromatic nitrogens is 6. The van der Waals surface area contributed by atoms with Gasteiger partial charge in [0, 0.05) is 18.0 Å². The fraction of sp³-hybridized carbons (Fsp3) is 0.500. The fourth-order valence-corrected chi connectivity index (χ4v) is 12.3. The zero-order valence-electron chi connectivity index (χ0n) is 38.5. The zero-order valence-corrected chi connectivity index (χ0v) is 41.1. The monoisotopic (exact) mass is 1040 g/mol. The number of carbonyl (C=O) groups excluding carboxylic acids is 1. The van der Waals surface area contributed by atoms with Crippen molar-refractivity contribution < 1.29 is 64.6 Å². The zero-order chi connectivity index (χ0) is 48.7. The number of hydrogen-bond donors (Lipinski definition) is 2. The Morgan fingerprint density at radius 1 is 0.829 bits per heavy atom. The van der Waals surface area contributed by atoms with Crippen LogP contribution in [0.4, 0.5) is 8.78 Å². The van der Waals surface area contributed by atoms with E-state index in [4.69, 9.17) is 37.0 Å². The molecule has 3 aromatic heterocycles. The van der Waals surface area contributed by atoms with Gasteiger partial charge in [-0.2, -0.15) is 0 Å². The van der Waals surface area contributed by atoms with Crippen molar-refractivity contribution in [2.24, 2.45) is 0 Å². The Bertz CT molecular complexity index is 2770. The number of fused-ring (bicyclic) bond motifs is 3. The second-order valence-electron chi connectivity index (χ2n) is 16.6. The van der Waals surface area contributed by atoms with Crippen molar-refractivity contribution >= 4 is 43.1 Å². The highest BCUT2D eigenvalue weighted by Crippen LogP contribution is 2.64. The molecule has 380 valence electrons. The average Bonchev–Trinajstić information content (AvgIpc) is 3.99. The average molecular weight is 1040 g/mol. The topological polar surface area (TPSA) is 283 Å². The molecule has 2 unspecified atom stereocenters. The number of alkyl halides is 2. The Hall–Kier alpha value is -4.71. The van der Waals surface area contributed by atoms with Crippen molar-refractivity contribution in [2.75, 3.05) is 19.8 Å². The summed E-state index contributed by atoms with van der Waals surface area (Å²) in [6.45, 7) is -2.00. The lowest BCUT2D eigenvalue weighted by Gasteiger charge is -2.32. The first-order chi connectivity index (χ1) is 33.2. The summed E-state index contributed by atoms with van der Waals surface area (Å²) in [7, 11) is -5.49. The molecule has 10 atom stereocenters. The number of carbonyl (C=O) groups is 1. The molecule has 0 radical (unpaired) electrons. The summed E-state index contributed by atoms with van der Waals surface area (Å²) in [5, 5.41) is 0. The van der Waals surface area contributed by atoms with Crippen LogP contribution in [0, 0.1) is 6.92 Å². The molecule has 5 aromatic rings. The third kappa shape index (κ3) is 12.8. The van der Waals surface area contributed by atoms with E-state index < -0.39 is 94.3 Å². The number of H-pyrrole nitrogens is 1. The van der Waals surface area contributed by atoms with E-state index in [2.05, 4.69) is 21.9 Å². The van der Waals surface area contributed by atoms with Gasteiger partial charge in [-0.3, -0.25) is 32.5 Å². The normalized spacial score (nSPS) is 28.0. The van der Waals surface area contributed by atoms with Crippen LogP contribution in [0.1, 0.15) is 92.4 Å². The number of rotatable bonds is 17. The minimum atomic E-state index is -5.49. The summed E-state index contributed by atoms with van der Waals surface area (Å²) in [5.74, 6) is 0.132. The van der Waals surface area contributed by atoms with Crippen LogP contribution in [-0.2, 0) is 42.5 Å². The summed E-state index contributed by atoms with van der Waals surface area (Å²) in [6.07, 6.45) is -2.15. The van der Waals surface area contributed by atoms with E-state index in [9.17, 15) is 28.4 Å². The van der Waals surface area contributed by atoms with Crippen LogP contribution in [0.5, 0.6) is 11.5 Å². The molecule has 26 heteroatoms. The number of nitrogens with one attached hydrogen (secondary N) is 1. The molecule has 0 aliphatic carbocycles. The Morgan fingerprint density at radius 2 is 1.46 bits per heavy atom. The number of hydrogen-bond acceptors (Lipinski definition) is 18. The summed E-state index contributed by atoms with van der Waals surface area (Å²) in [6, 6.07) is 13.8. The third-order valence-corrected chi connectivity index (χ3v) is 16.3. The van der Waals surface area contributed by atoms with E-state index in [1.54, 1.807) is 43.3 Å². The first-order valence-electron chi connectivity index (χ1n) is 22.5. The number of esters is 1. The minimum absolute atomic E-state index is 0. The number of quaternary nitrogens is 1. The molecule has 21 nitrogen and oxygen atoms in total. The Labute approximate surface area is 404 Å². The molecular weight excluding hydrogens is 983 g/mol. The lowest BCUT2D eigenvalue weighted by atomic mass is 10.1. The number of ether oxygens (including phenoxy) is 4. The van der Waals surface area contributed by atoms with Crippen LogP contribution in [0.25, 0.3) is 11.2 Å². The molecule has 3 fully saturated rings. The number of unbranched alkanes of at least 4 members (excludes halogenated alkanes) is 7. The van der Waals surface area contributed by atoms with Crippen LogP contribution >= 0.6 is 26.0 Å². The lowest BCUT2D eigenvalue weighted by molar-refractivity contribution is -0.235. The molecule has 0 saturated carbocycles. The van der Waals surface area contributed by atoms with Gasteiger partial charge in [0.2, 0.25) is 0 Å². The summed E-state index contributed by atoms with van der Waals surface area (Å²) >= 11 is 0.611. The number of nitrogens with zero attached hydrogens (tertiary/aromatic N) is 5. The molecule has 2 aromatic carbocycles. The maximum absolute atomic E-state index is 16.8. The molecule has 3 aliphatic rings. The van der Waals surface area contributed by atoms with Crippen molar-refractivity contribution in [1.29, 1.82) is 0 Å². The van der Waals surface area contributed by atoms with E-state index in [1.807, 2.05) is 4.98 Å². The molecule has 0 spiro atoms. The quantitative estimate of drug-likeness (QED) is 0.0392. The van der Waals surface area contributed by atoms with Crippen LogP contribution in [0.3, 0.4) is 0 Å². The second kappa shape index (κ2) is 23.7. The van der Waals surface area contributed by atoms with Crippen molar-refractivity contribution in [3.05, 3.63) is 111 Å². The van der Waals surface area contributed by atoms with Crippen molar-refractivity contribution in [2.45, 2.75) is 120 Å². The first kappa shape index (κ1) is 53.1. The van der Waals surface area contributed by atoms with Gasteiger partial charge in [0.25, 0.3) is 13.4 Å². The molecule has 8 rings (SSSR count). The van der Waals surface area contributed by atoms with Gasteiger partial charge in [0.05, 0.1) is 37.4 Å². The van der Waals surface area contributed by atoms with Crippen LogP contribution in [-0.4, -0.2) is 91.6 Å². The third-order valence-electron chi connectivity index (χ3n) is 11.7. The maximum Gasteiger partial charge on any atom is 0.389 e. The summed E-state index contributed by atoms with van der Waals surface area (Å²) in [5.41, 5.74) is -0.0565. The number of aromatic amines is 1. The fourth-order valence-electron chi connectivity index (χ4n) is 7.98. The van der Waals surface area contributed by atoms with Gasteiger partial charge in [-0.1, -0.05) is 64.0 Å². The molecule has 6 heterocycles. The maximum atomic E-state index is 16.8. The van der Waals surface area contributed by atoms with Crippen molar-refractivity contribution in [1.82, 2.24) is 35.2 Å². The van der Waals surface area contributed by atoms with E-state index in [1.165, 1.54) is 67.9 Å². The van der Waals surface area contributed by atoms with Gasteiger partial charge in [0.15, 0.2) is 30.4 Å². The molecule has 5 N–H and O–H groups in total. The van der Waals surface area contributed by atoms with E-state index in [0.717, 1.165) is 25.1 Å². The predicted molar refractivity (Wildman–Crippen MR) is 249 cm³/mol. The van der Waals surface area contributed by atoms with E-state index >= 15 is 8.78 Å². The van der Waals surface area contributed by atoms with Gasteiger partial charge < -0.3 is 39.0 Å². The Kier molecular flexibility index (Phi) is 18.0. The van der Waals surface area contributed by atoms with Gasteiger partial charge in [0.1, 0.15) is 47.8 Å². The highest BCUT2D eigenvalue weighted by Gasteiger charge is 2.54. The van der Waals surface area contributed by atoms with Crippen molar-refractivity contribution in [3.8, 4) is 11.5 Å².